The van der Waals surface area contributed by atoms with Crippen LogP contribution in [0.1, 0.15) is 25.7 Å². The van der Waals surface area contributed by atoms with Gasteiger partial charge >= 0.3 is 0 Å². The van der Waals surface area contributed by atoms with Crippen molar-refractivity contribution in [1.82, 2.24) is 10.2 Å². The summed E-state index contributed by atoms with van der Waals surface area (Å²) >= 11 is 5.51. The molecule has 1 aliphatic heterocycles. The Morgan fingerprint density at radius 3 is 2.53 bits per heavy atom. The first-order valence-corrected chi connectivity index (χ1v) is 7.57. The monoisotopic (exact) mass is 279 g/mol. The lowest BCUT2D eigenvalue weighted by Gasteiger charge is -2.34. The number of piperidine rings is 1. The summed E-state index contributed by atoms with van der Waals surface area (Å²) in [5.41, 5.74) is 5.35. The summed E-state index contributed by atoms with van der Waals surface area (Å²) in [6.45, 7) is 1.69. The van der Waals surface area contributed by atoms with E-state index in [4.69, 9.17) is 18.0 Å². The molecular formula is C14H21N3OS. The number of nitrogens with one attached hydrogen (secondary N) is 1. The fourth-order valence-electron chi connectivity index (χ4n) is 3.56. The lowest BCUT2D eigenvalue weighted by Crippen LogP contribution is -2.49. The van der Waals surface area contributed by atoms with Gasteiger partial charge in [0.25, 0.3) is 0 Å². The number of hydrogen-bond acceptors (Lipinski definition) is 2. The highest BCUT2D eigenvalue weighted by molar-refractivity contribution is 7.80. The molecule has 1 saturated carbocycles. The Labute approximate surface area is 119 Å². The highest BCUT2D eigenvalue weighted by Gasteiger charge is 2.36. The van der Waals surface area contributed by atoms with Crippen molar-refractivity contribution >= 4 is 23.2 Å². The largest absolute Gasteiger partial charge is 0.369 e. The summed E-state index contributed by atoms with van der Waals surface area (Å²) in [6.07, 6.45) is 8.81. The first-order chi connectivity index (χ1) is 9.13. The Morgan fingerprint density at radius 2 is 2.00 bits per heavy atom. The smallest absolute Gasteiger partial charge is 0.220 e. The molecule has 0 unspecified atom stereocenters. The molecule has 1 amide bonds. The SMILES string of the molecule is NC(=O)C1CCN(C(=S)N[C@H]2C[C@@H]3C=C[C@@H]2C3)CC1. The Hall–Kier alpha value is -1.10. The fraction of sp³-hybridized carbons (Fsp3) is 0.714. The molecule has 0 aromatic heterocycles. The molecule has 0 aromatic carbocycles. The van der Waals surface area contributed by atoms with Crippen LogP contribution >= 0.6 is 12.2 Å². The van der Waals surface area contributed by atoms with Crippen LogP contribution in [-0.4, -0.2) is 35.1 Å². The molecule has 3 N–H and O–H groups in total. The molecule has 2 fully saturated rings. The molecule has 2 bridgehead atoms. The van der Waals surface area contributed by atoms with Crippen LogP contribution in [-0.2, 0) is 4.79 Å². The lowest BCUT2D eigenvalue weighted by atomic mass is 9.96. The average Bonchev–Trinajstić information content (AvgIpc) is 3.01. The van der Waals surface area contributed by atoms with Crippen LogP contribution in [0.5, 0.6) is 0 Å². The Kier molecular flexibility index (Phi) is 3.48. The van der Waals surface area contributed by atoms with Crippen molar-refractivity contribution in [2.24, 2.45) is 23.5 Å². The summed E-state index contributed by atoms with van der Waals surface area (Å²) in [6, 6.07) is 0.511. The van der Waals surface area contributed by atoms with Crippen LogP contribution < -0.4 is 11.1 Å². The van der Waals surface area contributed by atoms with Gasteiger partial charge in [-0.25, -0.2) is 0 Å². The highest BCUT2D eigenvalue weighted by atomic mass is 32.1. The summed E-state index contributed by atoms with van der Waals surface area (Å²) in [7, 11) is 0. The minimum atomic E-state index is -0.170. The molecule has 2 aliphatic carbocycles. The van der Waals surface area contributed by atoms with Gasteiger partial charge in [-0.2, -0.15) is 0 Å². The zero-order valence-electron chi connectivity index (χ0n) is 11.0. The predicted octanol–water partition coefficient (Wildman–Crippen LogP) is 1.02. The van der Waals surface area contributed by atoms with Crippen molar-refractivity contribution in [3.8, 4) is 0 Å². The van der Waals surface area contributed by atoms with Gasteiger partial charge in [-0.15, -0.1) is 0 Å². The van der Waals surface area contributed by atoms with E-state index in [1.807, 2.05) is 0 Å². The molecule has 3 rings (SSSR count). The van der Waals surface area contributed by atoms with Crippen molar-refractivity contribution in [3.05, 3.63) is 12.2 Å². The van der Waals surface area contributed by atoms with E-state index < -0.39 is 0 Å². The number of allylic oxidation sites excluding steroid dienone is 1. The number of likely N-dealkylation sites (tertiary alicyclic amines) is 1. The van der Waals surface area contributed by atoms with E-state index in [1.54, 1.807) is 0 Å². The van der Waals surface area contributed by atoms with Gasteiger partial charge in [-0.3, -0.25) is 4.79 Å². The normalized spacial score (nSPS) is 33.7. The zero-order chi connectivity index (χ0) is 13.4. The van der Waals surface area contributed by atoms with Gasteiger partial charge in [0.05, 0.1) is 0 Å². The van der Waals surface area contributed by atoms with Crippen molar-refractivity contribution < 1.29 is 4.79 Å². The van der Waals surface area contributed by atoms with Gasteiger partial charge in [0.2, 0.25) is 5.91 Å². The third-order valence-corrected chi connectivity index (χ3v) is 5.15. The quantitative estimate of drug-likeness (QED) is 0.585. The van der Waals surface area contributed by atoms with Gasteiger partial charge in [0.15, 0.2) is 5.11 Å². The van der Waals surface area contributed by atoms with E-state index in [9.17, 15) is 4.79 Å². The predicted molar refractivity (Wildman–Crippen MR) is 78.4 cm³/mol. The number of hydrogen-bond donors (Lipinski definition) is 2. The number of rotatable bonds is 2. The molecule has 4 nitrogen and oxygen atoms in total. The standard InChI is InChI=1S/C14H21N3OS/c15-13(18)10-3-5-17(6-4-10)14(19)16-12-8-9-1-2-11(12)7-9/h1-2,9-12H,3-8H2,(H2,15,18)(H,16,19)/t9-,11-,12+/m1/s1. The van der Waals surface area contributed by atoms with Crippen molar-refractivity contribution in [3.63, 3.8) is 0 Å². The lowest BCUT2D eigenvalue weighted by molar-refractivity contribution is -0.122. The van der Waals surface area contributed by atoms with Crippen molar-refractivity contribution in [2.45, 2.75) is 31.7 Å². The third kappa shape index (κ3) is 2.61. The van der Waals surface area contributed by atoms with E-state index in [1.165, 1.54) is 12.8 Å². The van der Waals surface area contributed by atoms with Gasteiger partial charge in [0, 0.05) is 25.0 Å². The van der Waals surface area contributed by atoms with E-state index in [-0.39, 0.29) is 11.8 Å². The molecular weight excluding hydrogens is 258 g/mol. The van der Waals surface area contributed by atoms with Gasteiger partial charge in [-0.1, -0.05) is 12.2 Å². The van der Waals surface area contributed by atoms with Gasteiger partial charge < -0.3 is 16.0 Å². The number of carbonyl (C=O) groups excluding carboxylic acids is 1. The van der Waals surface area contributed by atoms with Gasteiger partial charge in [-0.05, 0) is 49.7 Å². The maximum atomic E-state index is 11.1. The molecule has 3 aliphatic rings. The maximum absolute atomic E-state index is 11.1. The first-order valence-electron chi connectivity index (χ1n) is 7.16. The Bertz CT molecular complexity index is 415. The molecule has 0 radical (unpaired) electrons. The second-order valence-corrected chi connectivity index (χ2v) is 6.39. The molecule has 1 saturated heterocycles. The summed E-state index contributed by atoms with van der Waals surface area (Å²) < 4.78 is 0. The Morgan fingerprint density at radius 1 is 1.26 bits per heavy atom. The summed E-state index contributed by atoms with van der Waals surface area (Å²) in [5, 5.41) is 4.37. The number of nitrogens with two attached hydrogens (primary N) is 1. The molecule has 19 heavy (non-hydrogen) atoms. The Balaban J connectivity index is 1.49. The average molecular weight is 279 g/mol. The molecule has 0 spiro atoms. The molecule has 104 valence electrons. The summed E-state index contributed by atoms with van der Waals surface area (Å²) in [5.74, 6) is 1.28. The number of carbonyl (C=O) groups is 1. The van der Waals surface area contributed by atoms with Crippen LogP contribution in [0.4, 0.5) is 0 Å². The number of fused-ring (bicyclic) bond motifs is 2. The van der Waals surface area contributed by atoms with E-state index in [0.29, 0.717) is 12.0 Å². The number of thiocarbonyl (C=S) groups is 1. The summed E-state index contributed by atoms with van der Waals surface area (Å²) in [4.78, 5) is 13.3. The topological polar surface area (TPSA) is 58.4 Å². The van der Waals surface area contributed by atoms with Crippen molar-refractivity contribution in [1.29, 1.82) is 0 Å². The third-order valence-electron chi connectivity index (χ3n) is 4.77. The molecule has 5 heteroatoms. The zero-order valence-corrected chi connectivity index (χ0v) is 11.9. The van der Waals surface area contributed by atoms with Crippen LogP contribution in [0.3, 0.4) is 0 Å². The highest BCUT2D eigenvalue weighted by Crippen LogP contribution is 2.39. The van der Waals surface area contributed by atoms with Crippen LogP contribution in [0.25, 0.3) is 0 Å². The second-order valence-electron chi connectivity index (χ2n) is 6.00. The first kappa shape index (κ1) is 12.9. The van der Waals surface area contributed by atoms with E-state index in [0.717, 1.165) is 37.0 Å². The fourth-order valence-corrected chi connectivity index (χ4v) is 3.90. The molecule has 1 heterocycles. The van der Waals surface area contributed by atoms with Crippen LogP contribution in [0.15, 0.2) is 12.2 Å². The number of amides is 1. The number of nitrogens with zero attached hydrogens (tertiary/aromatic N) is 1. The van der Waals surface area contributed by atoms with Crippen molar-refractivity contribution in [2.75, 3.05) is 13.1 Å². The minimum absolute atomic E-state index is 0.0319. The van der Waals surface area contributed by atoms with Gasteiger partial charge in [0.1, 0.15) is 0 Å². The maximum Gasteiger partial charge on any atom is 0.220 e. The number of primary amides is 1. The van der Waals surface area contributed by atoms with Crippen LogP contribution in [0.2, 0.25) is 0 Å². The van der Waals surface area contributed by atoms with Crippen LogP contribution in [0, 0.1) is 17.8 Å². The molecule has 0 aromatic rings. The van der Waals surface area contributed by atoms with E-state index in [2.05, 4.69) is 22.4 Å². The minimum Gasteiger partial charge on any atom is -0.369 e. The van der Waals surface area contributed by atoms with E-state index >= 15 is 0 Å². The second kappa shape index (κ2) is 5.12. The molecule has 3 atom stereocenters.